The van der Waals surface area contributed by atoms with E-state index in [2.05, 4.69) is 10.3 Å². The molecule has 1 saturated heterocycles. The molecular weight excluding hydrogens is 262 g/mol. The van der Waals surface area contributed by atoms with Gasteiger partial charge in [-0.05, 0) is 18.6 Å². The predicted octanol–water partition coefficient (Wildman–Crippen LogP) is 0.130. The van der Waals surface area contributed by atoms with Gasteiger partial charge in [-0.1, -0.05) is 6.92 Å². The van der Waals surface area contributed by atoms with E-state index in [-0.39, 0.29) is 17.2 Å². The van der Waals surface area contributed by atoms with Gasteiger partial charge >= 0.3 is 5.97 Å². The van der Waals surface area contributed by atoms with Crippen molar-refractivity contribution in [1.82, 2.24) is 15.2 Å². The zero-order chi connectivity index (χ0) is 14.7. The van der Waals surface area contributed by atoms with Gasteiger partial charge in [-0.2, -0.15) is 0 Å². The number of aromatic nitrogens is 1. The van der Waals surface area contributed by atoms with Gasteiger partial charge in [0.05, 0.1) is 5.56 Å². The largest absolute Gasteiger partial charge is 0.478 e. The number of aromatic carboxylic acids is 1. The van der Waals surface area contributed by atoms with Crippen LogP contribution in [0.3, 0.4) is 0 Å². The highest BCUT2D eigenvalue weighted by Crippen LogP contribution is 2.13. The molecule has 2 heterocycles. The summed E-state index contributed by atoms with van der Waals surface area (Å²) in [6.07, 6.45) is 1.78. The maximum Gasteiger partial charge on any atom is 0.335 e. The summed E-state index contributed by atoms with van der Waals surface area (Å²) in [6, 6.07) is 2.01. The number of pyridine rings is 1. The average molecular weight is 277 g/mol. The van der Waals surface area contributed by atoms with Crippen LogP contribution in [0.1, 0.15) is 34.2 Å². The van der Waals surface area contributed by atoms with Crippen LogP contribution in [-0.2, 0) is 4.79 Å². The first-order valence-corrected chi connectivity index (χ1v) is 6.32. The minimum absolute atomic E-state index is 0.00198. The van der Waals surface area contributed by atoms with E-state index in [4.69, 9.17) is 5.11 Å². The Hall–Kier alpha value is -2.44. The third-order valence-corrected chi connectivity index (χ3v) is 3.20. The van der Waals surface area contributed by atoms with Gasteiger partial charge in [0, 0.05) is 19.3 Å². The molecule has 0 spiro atoms. The van der Waals surface area contributed by atoms with E-state index in [9.17, 15) is 14.4 Å². The summed E-state index contributed by atoms with van der Waals surface area (Å²) in [6.45, 7) is 2.60. The van der Waals surface area contributed by atoms with Crippen molar-refractivity contribution in [3.05, 3.63) is 29.6 Å². The van der Waals surface area contributed by atoms with E-state index >= 15 is 0 Å². The van der Waals surface area contributed by atoms with Crippen LogP contribution in [0.25, 0.3) is 0 Å². The van der Waals surface area contributed by atoms with E-state index in [1.807, 2.05) is 6.92 Å². The Morgan fingerprint density at radius 1 is 1.55 bits per heavy atom. The Balaban J connectivity index is 2.28. The highest BCUT2D eigenvalue weighted by Gasteiger charge is 2.32. The second-order valence-electron chi connectivity index (χ2n) is 4.45. The van der Waals surface area contributed by atoms with Crippen molar-refractivity contribution in [1.29, 1.82) is 0 Å². The summed E-state index contributed by atoms with van der Waals surface area (Å²) in [5, 5.41) is 11.6. The van der Waals surface area contributed by atoms with Gasteiger partial charge in [-0.3, -0.25) is 14.6 Å². The first kappa shape index (κ1) is 14.0. The van der Waals surface area contributed by atoms with Crippen LogP contribution in [0.5, 0.6) is 0 Å². The second kappa shape index (κ2) is 5.68. The van der Waals surface area contributed by atoms with Crippen LogP contribution < -0.4 is 5.32 Å². The van der Waals surface area contributed by atoms with Gasteiger partial charge in [0.15, 0.2) is 0 Å². The lowest BCUT2D eigenvalue weighted by Crippen LogP contribution is -2.57. The Bertz CT molecular complexity index is 558. The summed E-state index contributed by atoms with van der Waals surface area (Å²) in [4.78, 5) is 40.4. The third kappa shape index (κ3) is 2.61. The molecule has 1 aliphatic rings. The monoisotopic (exact) mass is 277 g/mol. The molecule has 0 aliphatic carbocycles. The van der Waals surface area contributed by atoms with Crippen molar-refractivity contribution in [3.8, 4) is 0 Å². The average Bonchev–Trinajstić information content (AvgIpc) is 2.46. The van der Waals surface area contributed by atoms with Crippen LogP contribution in [-0.4, -0.2) is 51.9 Å². The van der Waals surface area contributed by atoms with E-state index in [0.717, 1.165) is 0 Å². The van der Waals surface area contributed by atoms with Crippen molar-refractivity contribution in [3.63, 3.8) is 0 Å². The minimum atomic E-state index is -1.12. The van der Waals surface area contributed by atoms with Crippen molar-refractivity contribution >= 4 is 17.8 Å². The fourth-order valence-electron chi connectivity index (χ4n) is 2.19. The van der Waals surface area contributed by atoms with Crippen molar-refractivity contribution < 1.29 is 19.5 Å². The summed E-state index contributed by atoms with van der Waals surface area (Å²) < 4.78 is 0. The third-order valence-electron chi connectivity index (χ3n) is 3.20. The zero-order valence-electron chi connectivity index (χ0n) is 11.0. The van der Waals surface area contributed by atoms with E-state index < -0.39 is 17.9 Å². The van der Waals surface area contributed by atoms with E-state index in [1.165, 1.54) is 23.2 Å². The lowest BCUT2D eigenvalue weighted by Gasteiger charge is -2.34. The molecule has 0 saturated carbocycles. The Morgan fingerprint density at radius 3 is 2.95 bits per heavy atom. The van der Waals surface area contributed by atoms with Crippen molar-refractivity contribution in [2.45, 2.75) is 19.4 Å². The molecule has 2 amide bonds. The maximum atomic E-state index is 12.4. The quantitative estimate of drug-likeness (QED) is 0.818. The van der Waals surface area contributed by atoms with E-state index in [0.29, 0.717) is 19.5 Å². The molecule has 7 nitrogen and oxygen atoms in total. The summed E-state index contributed by atoms with van der Waals surface area (Å²) in [7, 11) is 0. The van der Waals surface area contributed by atoms with Crippen LogP contribution in [0.15, 0.2) is 18.3 Å². The summed E-state index contributed by atoms with van der Waals surface area (Å²) in [5.74, 6) is -1.74. The Labute approximate surface area is 115 Å². The molecule has 1 unspecified atom stereocenters. The van der Waals surface area contributed by atoms with Crippen LogP contribution in [0, 0.1) is 0 Å². The molecule has 7 heteroatoms. The highest BCUT2D eigenvalue weighted by atomic mass is 16.4. The number of piperazine rings is 1. The number of rotatable bonds is 3. The Kier molecular flexibility index (Phi) is 3.97. The predicted molar refractivity (Wildman–Crippen MR) is 69.3 cm³/mol. The summed E-state index contributed by atoms with van der Waals surface area (Å²) in [5.41, 5.74) is 0.0379. The van der Waals surface area contributed by atoms with Gasteiger partial charge in [0.1, 0.15) is 11.7 Å². The highest BCUT2D eigenvalue weighted by molar-refractivity contribution is 5.98. The standard InChI is InChI=1S/C13H15N3O4/c1-2-10-11(17)15-5-6-16(10)12(18)9-7-8(13(19)20)3-4-14-9/h3-4,7,10H,2,5-6H2,1H3,(H,15,17)(H,19,20). The molecule has 1 aromatic heterocycles. The number of hydrogen-bond acceptors (Lipinski definition) is 4. The molecule has 0 bridgehead atoms. The number of carboxylic acid groups (broad SMARTS) is 1. The summed E-state index contributed by atoms with van der Waals surface area (Å²) >= 11 is 0. The molecule has 0 radical (unpaired) electrons. The van der Waals surface area contributed by atoms with Gasteiger partial charge in [0.2, 0.25) is 5.91 Å². The number of carbonyl (C=O) groups is 3. The van der Waals surface area contributed by atoms with Gasteiger partial charge in [-0.15, -0.1) is 0 Å². The topological polar surface area (TPSA) is 99.6 Å². The van der Waals surface area contributed by atoms with Crippen molar-refractivity contribution in [2.75, 3.05) is 13.1 Å². The number of amides is 2. The minimum Gasteiger partial charge on any atom is -0.478 e. The molecule has 106 valence electrons. The first-order chi connectivity index (χ1) is 9.54. The molecule has 1 atom stereocenters. The molecule has 2 N–H and O–H groups in total. The zero-order valence-corrected chi connectivity index (χ0v) is 11.0. The number of carbonyl (C=O) groups excluding carboxylic acids is 2. The fourth-order valence-corrected chi connectivity index (χ4v) is 2.19. The van der Waals surface area contributed by atoms with Gasteiger partial charge in [-0.25, -0.2) is 4.79 Å². The lowest BCUT2D eigenvalue weighted by atomic mass is 10.1. The molecule has 2 rings (SSSR count). The molecule has 20 heavy (non-hydrogen) atoms. The second-order valence-corrected chi connectivity index (χ2v) is 4.45. The normalized spacial score (nSPS) is 18.6. The number of nitrogens with one attached hydrogen (secondary N) is 1. The van der Waals surface area contributed by atoms with Crippen LogP contribution in [0.4, 0.5) is 0 Å². The fraction of sp³-hybridized carbons (Fsp3) is 0.385. The van der Waals surface area contributed by atoms with Gasteiger partial charge < -0.3 is 15.3 Å². The van der Waals surface area contributed by atoms with Crippen LogP contribution in [0.2, 0.25) is 0 Å². The molecule has 1 aliphatic heterocycles. The molecule has 1 aromatic rings. The lowest BCUT2D eigenvalue weighted by molar-refractivity contribution is -0.127. The molecular formula is C13H15N3O4. The number of hydrogen-bond donors (Lipinski definition) is 2. The van der Waals surface area contributed by atoms with Crippen LogP contribution >= 0.6 is 0 Å². The number of nitrogens with zero attached hydrogens (tertiary/aromatic N) is 2. The van der Waals surface area contributed by atoms with E-state index in [1.54, 1.807) is 0 Å². The molecule has 0 aromatic carbocycles. The number of carboxylic acids is 1. The maximum absolute atomic E-state index is 12.4. The van der Waals surface area contributed by atoms with Gasteiger partial charge in [0.25, 0.3) is 5.91 Å². The SMILES string of the molecule is CCC1C(=O)NCCN1C(=O)c1cc(C(=O)O)ccn1. The van der Waals surface area contributed by atoms with Crippen molar-refractivity contribution in [2.24, 2.45) is 0 Å². The first-order valence-electron chi connectivity index (χ1n) is 6.32. The molecule has 1 fully saturated rings. The smallest absolute Gasteiger partial charge is 0.335 e. The Morgan fingerprint density at radius 2 is 2.30 bits per heavy atom.